The van der Waals surface area contributed by atoms with Crippen LogP contribution in [0.2, 0.25) is 5.02 Å². The predicted octanol–water partition coefficient (Wildman–Crippen LogP) is 1.03. The molecule has 1 heterocycles. The first-order valence-corrected chi connectivity index (χ1v) is 7.17. The molecule has 5 nitrogen and oxygen atoms in total. The van der Waals surface area contributed by atoms with Crippen LogP contribution >= 0.6 is 11.6 Å². The Bertz CT molecular complexity index is 553. The number of nitrogens with one attached hydrogen (secondary N) is 2. The minimum Gasteiger partial charge on any atom is -0.355 e. The third kappa shape index (κ3) is 3.33. The summed E-state index contributed by atoms with van der Waals surface area (Å²) in [6.07, 6.45) is 0. The van der Waals surface area contributed by atoms with Gasteiger partial charge in [-0.2, -0.15) is 0 Å². The van der Waals surface area contributed by atoms with Gasteiger partial charge in [-0.15, -0.1) is 0 Å². The smallest absolute Gasteiger partial charge is 0.256 e. The highest BCUT2D eigenvalue weighted by atomic mass is 35.5. The number of nitrogens with zero attached hydrogens (tertiary/aromatic N) is 1. The second kappa shape index (κ2) is 6.87. The fourth-order valence-corrected chi connectivity index (χ4v) is 2.50. The van der Waals surface area contributed by atoms with Crippen molar-refractivity contribution in [2.75, 3.05) is 26.2 Å². The van der Waals surface area contributed by atoms with E-state index in [1.807, 2.05) is 6.92 Å². The molecule has 0 radical (unpaired) electrons. The quantitative estimate of drug-likeness (QED) is 0.876. The molecule has 1 atom stereocenters. The van der Waals surface area contributed by atoms with Crippen LogP contribution in [0.3, 0.4) is 0 Å². The summed E-state index contributed by atoms with van der Waals surface area (Å²) < 4.78 is 13.5. The molecule has 0 aliphatic carbocycles. The second-order valence-electron chi connectivity index (χ2n) is 4.71. The molecule has 1 saturated heterocycles. The number of hydrogen-bond acceptors (Lipinski definition) is 3. The summed E-state index contributed by atoms with van der Waals surface area (Å²) in [7, 11) is 0. The number of carbonyl (C=O) groups excluding carboxylic acids is 2. The van der Waals surface area contributed by atoms with Gasteiger partial charge in [0.05, 0.1) is 10.6 Å². The van der Waals surface area contributed by atoms with Gasteiger partial charge in [0.1, 0.15) is 11.9 Å². The van der Waals surface area contributed by atoms with Crippen LogP contribution in [-0.2, 0) is 4.79 Å². The molecule has 2 amide bonds. The lowest BCUT2D eigenvalue weighted by Gasteiger charge is -2.35. The summed E-state index contributed by atoms with van der Waals surface area (Å²) in [6, 6.07) is 3.46. The zero-order valence-electron chi connectivity index (χ0n) is 11.7. The van der Waals surface area contributed by atoms with Crippen molar-refractivity contribution in [3.63, 3.8) is 0 Å². The molecule has 1 aliphatic heterocycles. The number of carbonyl (C=O) groups is 2. The first-order chi connectivity index (χ1) is 10.1. The maximum atomic E-state index is 13.5. The van der Waals surface area contributed by atoms with Gasteiger partial charge in [-0.3, -0.25) is 9.59 Å². The van der Waals surface area contributed by atoms with Crippen LogP contribution in [0.1, 0.15) is 17.3 Å². The molecule has 2 rings (SSSR count). The van der Waals surface area contributed by atoms with Crippen molar-refractivity contribution < 1.29 is 14.0 Å². The SMILES string of the molecule is CCNC(=O)C1CNCCN1C(=O)c1cccc(F)c1Cl. The van der Waals surface area contributed by atoms with Crippen LogP contribution in [0.15, 0.2) is 18.2 Å². The molecule has 1 aliphatic rings. The van der Waals surface area contributed by atoms with Gasteiger partial charge >= 0.3 is 0 Å². The van der Waals surface area contributed by atoms with Crippen LogP contribution < -0.4 is 10.6 Å². The number of rotatable bonds is 3. The average Bonchev–Trinajstić information content (AvgIpc) is 2.49. The summed E-state index contributed by atoms with van der Waals surface area (Å²) in [4.78, 5) is 26.0. The molecule has 0 saturated carbocycles. The third-order valence-corrected chi connectivity index (χ3v) is 3.72. The molecule has 0 aromatic heterocycles. The van der Waals surface area contributed by atoms with Crippen LogP contribution in [0.4, 0.5) is 4.39 Å². The lowest BCUT2D eigenvalue weighted by Crippen LogP contribution is -2.59. The largest absolute Gasteiger partial charge is 0.355 e. The summed E-state index contributed by atoms with van der Waals surface area (Å²) in [6.45, 7) is 3.61. The summed E-state index contributed by atoms with van der Waals surface area (Å²) in [5.41, 5.74) is 0.0767. The van der Waals surface area contributed by atoms with Crippen molar-refractivity contribution >= 4 is 23.4 Å². The van der Waals surface area contributed by atoms with E-state index in [1.165, 1.54) is 23.1 Å². The monoisotopic (exact) mass is 313 g/mol. The van der Waals surface area contributed by atoms with Crippen LogP contribution in [0.5, 0.6) is 0 Å². The van der Waals surface area contributed by atoms with Gasteiger partial charge in [0.25, 0.3) is 5.91 Å². The van der Waals surface area contributed by atoms with Gasteiger partial charge in [0, 0.05) is 26.2 Å². The van der Waals surface area contributed by atoms with E-state index in [0.717, 1.165) is 0 Å². The highest BCUT2D eigenvalue weighted by Gasteiger charge is 2.33. The van der Waals surface area contributed by atoms with Crippen molar-refractivity contribution in [2.24, 2.45) is 0 Å². The molecule has 0 spiro atoms. The van der Waals surface area contributed by atoms with E-state index in [4.69, 9.17) is 11.6 Å². The van der Waals surface area contributed by atoms with Crippen molar-refractivity contribution in [1.82, 2.24) is 15.5 Å². The zero-order chi connectivity index (χ0) is 15.4. The van der Waals surface area contributed by atoms with Crippen molar-refractivity contribution in [3.8, 4) is 0 Å². The Morgan fingerprint density at radius 3 is 3.00 bits per heavy atom. The number of likely N-dealkylation sites (N-methyl/N-ethyl adjacent to an activating group) is 1. The maximum absolute atomic E-state index is 13.5. The van der Waals surface area contributed by atoms with E-state index in [0.29, 0.717) is 26.2 Å². The summed E-state index contributed by atoms with van der Waals surface area (Å²) in [5.74, 6) is -1.31. The average molecular weight is 314 g/mol. The van der Waals surface area contributed by atoms with E-state index < -0.39 is 17.8 Å². The van der Waals surface area contributed by atoms with Gasteiger partial charge in [-0.1, -0.05) is 17.7 Å². The van der Waals surface area contributed by atoms with Crippen molar-refractivity contribution in [1.29, 1.82) is 0 Å². The van der Waals surface area contributed by atoms with E-state index in [-0.39, 0.29) is 16.5 Å². The molecule has 2 N–H and O–H groups in total. The van der Waals surface area contributed by atoms with E-state index in [1.54, 1.807) is 0 Å². The number of amides is 2. The first kappa shape index (κ1) is 15.7. The lowest BCUT2D eigenvalue weighted by atomic mass is 10.1. The first-order valence-electron chi connectivity index (χ1n) is 6.79. The number of piperazine rings is 1. The van der Waals surface area contributed by atoms with Crippen LogP contribution in [0.25, 0.3) is 0 Å². The highest BCUT2D eigenvalue weighted by molar-refractivity contribution is 6.34. The Labute approximate surface area is 127 Å². The third-order valence-electron chi connectivity index (χ3n) is 3.34. The van der Waals surface area contributed by atoms with Crippen LogP contribution in [-0.4, -0.2) is 48.9 Å². The van der Waals surface area contributed by atoms with E-state index in [9.17, 15) is 14.0 Å². The highest BCUT2D eigenvalue weighted by Crippen LogP contribution is 2.22. The molecule has 1 unspecified atom stereocenters. The molecular weight excluding hydrogens is 297 g/mol. The molecule has 7 heteroatoms. The molecule has 1 aromatic carbocycles. The number of hydrogen-bond donors (Lipinski definition) is 2. The fraction of sp³-hybridized carbons (Fsp3) is 0.429. The predicted molar refractivity (Wildman–Crippen MR) is 77.8 cm³/mol. The van der Waals surface area contributed by atoms with Crippen LogP contribution in [0, 0.1) is 5.82 Å². The topological polar surface area (TPSA) is 61.4 Å². The molecule has 21 heavy (non-hydrogen) atoms. The maximum Gasteiger partial charge on any atom is 0.256 e. The Morgan fingerprint density at radius 2 is 2.29 bits per heavy atom. The van der Waals surface area contributed by atoms with E-state index >= 15 is 0 Å². The second-order valence-corrected chi connectivity index (χ2v) is 5.09. The summed E-state index contributed by atoms with van der Waals surface area (Å²) in [5, 5.41) is 5.56. The van der Waals surface area contributed by atoms with Gasteiger partial charge in [-0.05, 0) is 19.1 Å². The van der Waals surface area contributed by atoms with Gasteiger partial charge in [-0.25, -0.2) is 4.39 Å². The Kier molecular flexibility index (Phi) is 5.14. The minimum atomic E-state index is -0.646. The molecule has 114 valence electrons. The number of benzene rings is 1. The van der Waals surface area contributed by atoms with E-state index in [2.05, 4.69) is 10.6 Å². The molecule has 0 bridgehead atoms. The molecule has 1 fully saturated rings. The Balaban J connectivity index is 2.26. The number of halogens is 2. The fourth-order valence-electron chi connectivity index (χ4n) is 2.30. The van der Waals surface area contributed by atoms with Crippen molar-refractivity contribution in [3.05, 3.63) is 34.6 Å². The van der Waals surface area contributed by atoms with Gasteiger partial charge in [0.15, 0.2) is 0 Å². The minimum absolute atomic E-state index is 0.0767. The Morgan fingerprint density at radius 1 is 1.52 bits per heavy atom. The summed E-state index contributed by atoms with van der Waals surface area (Å²) >= 11 is 5.86. The molecular formula is C14H17ClFN3O2. The van der Waals surface area contributed by atoms with Gasteiger partial charge < -0.3 is 15.5 Å². The van der Waals surface area contributed by atoms with Gasteiger partial charge in [0.2, 0.25) is 5.91 Å². The van der Waals surface area contributed by atoms with Crippen molar-refractivity contribution in [2.45, 2.75) is 13.0 Å². The standard InChI is InChI=1S/C14H17ClFN3O2/c1-2-18-13(20)11-8-17-6-7-19(11)14(21)9-4-3-5-10(16)12(9)15/h3-5,11,17H,2,6-8H2,1H3,(H,18,20). The normalized spacial score (nSPS) is 18.4. The Hall–Kier alpha value is -1.66. The lowest BCUT2D eigenvalue weighted by molar-refractivity contribution is -0.126. The molecule has 1 aromatic rings. The zero-order valence-corrected chi connectivity index (χ0v) is 12.4.